The molecule has 1 N–H and O–H groups in total. The molecule has 2 rings (SSSR count). The number of aromatic nitrogens is 1. The Morgan fingerprint density at radius 3 is 2.50 bits per heavy atom. The van der Waals surface area contributed by atoms with E-state index in [1.807, 2.05) is 25.1 Å². The van der Waals surface area contributed by atoms with Crippen molar-refractivity contribution < 1.29 is 0 Å². The average molecular weight is 366 g/mol. The van der Waals surface area contributed by atoms with Gasteiger partial charge in [-0.3, -0.25) is 0 Å². The van der Waals surface area contributed by atoms with Gasteiger partial charge in [0.2, 0.25) is 0 Å². The number of nitrogens with one attached hydrogen (secondary N) is 1. The molecule has 0 saturated heterocycles. The van der Waals surface area contributed by atoms with Gasteiger partial charge in [0.15, 0.2) is 5.82 Å². The predicted molar refractivity (Wildman–Crippen MR) is 81.4 cm³/mol. The Kier molecular flexibility index (Phi) is 4.38. The normalized spacial score (nSPS) is 10.5. The topological polar surface area (TPSA) is 24.9 Å². The molecule has 2 aromatic rings. The van der Waals surface area contributed by atoms with Gasteiger partial charge in [-0.25, -0.2) is 4.98 Å². The molecule has 0 aliphatic rings. The van der Waals surface area contributed by atoms with Gasteiger partial charge in [0.25, 0.3) is 0 Å². The van der Waals surface area contributed by atoms with Gasteiger partial charge in [-0.2, -0.15) is 0 Å². The predicted octanol–water partition coefficient (Wildman–Crippen LogP) is 5.86. The van der Waals surface area contributed by atoms with Gasteiger partial charge >= 0.3 is 0 Å². The lowest BCUT2D eigenvalue weighted by molar-refractivity contribution is 1.30. The van der Waals surface area contributed by atoms with Crippen molar-refractivity contribution in [2.24, 2.45) is 0 Å². The second-order valence-corrected chi connectivity index (χ2v) is 5.71. The Hall–Kier alpha value is -0.480. The van der Waals surface area contributed by atoms with E-state index in [4.69, 9.17) is 34.8 Å². The molecule has 0 aliphatic heterocycles. The highest BCUT2D eigenvalue weighted by atomic mass is 79.9. The highest BCUT2D eigenvalue weighted by Gasteiger charge is 2.08. The second-order valence-electron chi connectivity index (χ2n) is 3.68. The van der Waals surface area contributed by atoms with E-state index in [2.05, 4.69) is 26.2 Å². The van der Waals surface area contributed by atoms with Crippen molar-refractivity contribution in [3.8, 4) is 0 Å². The minimum atomic E-state index is 0.220. The fourth-order valence-electron chi connectivity index (χ4n) is 1.39. The minimum Gasteiger partial charge on any atom is -0.339 e. The molecule has 0 saturated carbocycles. The second kappa shape index (κ2) is 5.66. The van der Waals surface area contributed by atoms with E-state index in [-0.39, 0.29) is 5.15 Å². The first-order chi connectivity index (χ1) is 8.47. The molecule has 0 bridgehead atoms. The zero-order valence-corrected chi connectivity index (χ0v) is 13.1. The molecule has 94 valence electrons. The van der Waals surface area contributed by atoms with E-state index >= 15 is 0 Å². The lowest BCUT2D eigenvalue weighted by atomic mass is 10.2. The highest BCUT2D eigenvalue weighted by Crippen LogP contribution is 2.31. The Bertz CT molecular complexity index is 602. The fourth-order valence-corrected chi connectivity index (χ4v) is 2.18. The molecule has 1 aromatic carbocycles. The first-order valence-electron chi connectivity index (χ1n) is 5.02. The number of benzene rings is 1. The number of anilines is 2. The first kappa shape index (κ1) is 13.9. The van der Waals surface area contributed by atoms with E-state index in [1.165, 1.54) is 0 Å². The van der Waals surface area contributed by atoms with Gasteiger partial charge in [-0.1, -0.05) is 50.7 Å². The van der Waals surface area contributed by atoms with Crippen LogP contribution in [0.2, 0.25) is 15.2 Å². The maximum absolute atomic E-state index is 6.05. The molecule has 1 aromatic heterocycles. The molecule has 0 unspecified atom stereocenters. The van der Waals surface area contributed by atoms with E-state index in [1.54, 1.807) is 6.07 Å². The number of nitrogens with zero attached hydrogens (tertiary/aromatic N) is 1. The van der Waals surface area contributed by atoms with Crippen LogP contribution in [0.25, 0.3) is 0 Å². The monoisotopic (exact) mass is 364 g/mol. The third kappa shape index (κ3) is 3.09. The summed E-state index contributed by atoms with van der Waals surface area (Å²) in [4.78, 5) is 4.10. The van der Waals surface area contributed by atoms with Crippen LogP contribution in [0.4, 0.5) is 11.5 Å². The van der Waals surface area contributed by atoms with Crippen molar-refractivity contribution in [3.63, 3.8) is 0 Å². The smallest absolute Gasteiger partial charge is 0.151 e. The molecule has 1 heterocycles. The summed E-state index contributed by atoms with van der Waals surface area (Å²) in [6.07, 6.45) is 0. The molecular weight excluding hydrogens is 358 g/mol. The molecule has 0 atom stereocenters. The van der Waals surface area contributed by atoms with Gasteiger partial charge in [0.1, 0.15) is 5.15 Å². The molecule has 0 aliphatic carbocycles. The quantitative estimate of drug-likeness (QED) is 0.674. The van der Waals surface area contributed by atoms with Crippen LogP contribution < -0.4 is 5.32 Å². The van der Waals surface area contributed by atoms with E-state index < -0.39 is 0 Å². The van der Waals surface area contributed by atoms with Crippen LogP contribution >= 0.6 is 50.7 Å². The lowest BCUT2D eigenvalue weighted by Crippen LogP contribution is -1.95. The zero-order chi connectivity index (χ0) is 13.3. The van der Waals surface area contributed by atoms with Crippen LogP contribution in [-0.2, 0) is 0 Å². The van der Waals surface area contributed by atoms with Crippen LogP contribution in [0.5, 0.6) is 0 Å². The largest absolute Gasteiger partial charge is 0.339 e. The number of hydrogen-bond donors (Lipinski definition) is 1. The van der Waals surface area contributed by atoms with E-state index in [9.17, 15) is 0 Å². The van der Waals surface area contributed by atoms with Crippen molar-refractivity contribution in [3.05, 3.63) is 49.5 Å². The van der Waals surface area contributed by atoms with Gasteiger partial charge in [-0.15, -0.1) is 0 Å². The molecule has 2 nitrogen and oxygen atoms in total. The minimum absolute atomic E-state index is 0.220. The summed E-state index contributed by atoms with van der Waals surface area (Å²) in [5.41, 5.74) is 1.99. The van der Waals surface area contributed by atoms with Crippen molar-refractivity contribution >= 4 is 62.2 Å². The molecule has 0 spiro atoms. The first-order valence-corrected chi connectivity index (χ1v) is 6.95. The van der Waals surface area contributed by atoms with Crippen LogP contribution in [0.1, 0.15) is 5.56 Å². The summed E-state index contributed by atoms with van der Waals surface area (Å²) in [5, 5.41) is 4.07. The van der Waals surface area contributed by atoms with Crippen molar-refractivity contribution in [1.29, 1.82) is 0 Å². The molecular formula is C12H8BrCl3N2. The van der Waals surface area contributed by atoms with Crippen molar-refractivity contribution in [2.45, 2.75) is 6.92 Å². The van der Waals surface area contributed by atoms with Gasteiger partial charge < -0.3 is 5.32 Å². The number of rotatable bonds is 2. The standard InChI is InChI=1S/C12H8BrCl3N2/c1-6-4-7(2-3-8(6)13)17-12-10(15)5-9(14)11(16)18-12/h2-5H,1H3,(H,17,18). The summed E-state index contributed by atoms with van der Waals surface area (Å²) in [6.45, 7) is 2.00. The molecule has 0 radical (unpaired) electrons. The summed E-state index contributed by atoms with van der Waals surface area (Å²) in [5.74, 6) is 0.479. The number of halogens is 4. The summed E-state index contributed by atoms with van der Waals surface area (Å²) in [7, 11) is 0. The lowest BCUT2D eigenvalue weighted by Gasteiger charge is -2.10. The highest BCUT2D eigenvalue weighted by molar-refractivity contribution is 9.10. The third-order valence-corrected chi connectivity index (χ3v) is 4.16. The van der Waals surface area contributed by atoms with Gasteiger partial charge in [0, 0.05) is 10.2 Å². The van der Waals surface area contributed by atoms with Crippen LogP contribution in [0.3, 0.4) is 0 Å². The van der Waals surface area contributed by atoms with Crippen molar-refractivity contribution in [2.75, 3.05) is 5.32 Å². The third-order valence-electron chi connectivity index (χ3n) is 2.31. The zero-order valence-electron chi connectivity index (χ0n) is 9.27. The molecule has 6 heteroatoms. The summed E-state index contributed by atoms with van der Waals surface area (Å²) >= 11 is 21.2. The SMILES string of the molecule is Cc1cc(Nc2nc(Cl)c(Cl)cc2Cl)ccc1Br. The van der Waals surface area contributed by atoms with Crippen LogP contribution in [0.15, 0.2) is 28.7 Å². The molecule has 18 heavy (non-hydrogen) atoms. The number of hydrogen-bond acceptors (Lipinski definition) is 2. The van der Waals surface area contributed by atoms with E-state index in [0.29, 0.717) is 15.9 Å². The van der Waals surface area contributed by atoms with Crippen LogP contribution in [0, 0.1) is 6.92 Å². The summed E-state index contributed by atoms with van der Waals surface area (Å²) < 4.78 is 1.04. The molecule has 0 fully saturated rings. The maximum atomic E-state index is 6.05. The maximum Gasteiger partial charge on any atom is 0.151 e. The van der Waals surface area contributed by atoms with Gasteiger partial charge in [0.05, 0.1) is 10.0 Å². The van der Waals surface area contributed by atoms with Crippen LogP contribution in [-0.4, -0.2) is 4.98 Å². The number of pyridine rings is 1. The Labute approximate surface area is 128 Å². The Morgan fingerprint density at radius 2 is 1.83 bits per heavy atom. The average Bonchev–Trinajstić information content (AvgIpc) is 2.31. The Balaban J connectivity index is 2.34. The molecule has 0 amide bonds. The number of aryl methyl sites for hydroxylation is 1. The Morgan fingerprint density at radius 1 is 1.11 bits per heavy atom. The fraction of sp³-hybridized carbons (Fsp3) is 0.0833. The summed E-state index contributed by atoms with van der Waals surface area (Å²) in [6, 6.07) is 7.40. The van der Waals surface area contributed by atoms with E-state index in [0.717, 1.165) is 15.7 Å². The van der Waals surface area contributed by atoms with Crippen molar-refractivity contribution in [1.82, 2.24) is 4.98 Å². The van der Waals surface area contributed by atoms with Gasteiger partial charge in [-0.05, 0) is 36.8 Å².